The van der Waals surface area contributed by atoms with Crippen molar-refractivity contribution in [2.45, 2.75) is 64.7 Å². The van der Waals surface area contributed by atoms with Gasteiger partial charge >= 0.3 is 163 Å². The third-order valence-corrected chi connectivity index (χ3v) is 24.4. The SMILES string of the molecule is CC1=C(C)[CH]([Zr+2]([C]2=CC(C(C)(C)C)=CC2)=[Si](C)C)c2cccc(C)c21.[Cl-].[Cl-]. The van der Waals surface area contributed by atoms with Crippen molar-refractivity contribution in [2.24, 2.45) is 5.41 Å². The molecule has 0 aromatic heterocycles. The smallest absolute Gasteiger partial charge is 1.00 e. The maximum atomic E-state index is 2.63. The summed E-state index contributed by atoms with van der Waals surface area (Å²) in [6.07, 6.45) is 6.39. The van der Waals surface area contributed by atoms with Crippen LogP contribution in [-0.2, 0) is 20.4 Å². The quantitative estimate of drug-likeness (QED) is 0.534. The van der Waals surface area contributed by atoms with Crippen molar-refractivity contribution < 1.29 is 45.2 Å². The summed E-state index contributed by atoms with van der Waals surface area (Å²) in [7, 11) is 0. The minimum absolute atomic E-state index is 0. The molecule has 0 fully saturated rings. The van der Waals surface area contributed by atoms with Crippen LogP contribution in [0.15, 0.2) is 44.8 Å². The van der Waals surface area contributed by atoms with Gasteiger partial charge in [0.15, 0.2) is 0 Å². The second kappa shape index (κ2) is 9.29. The monoisotopic (exact) mass is 496 g/mol. The molecule has 0 nitrogen and oxygen atoms in total. The molecule has 0 heterocycles. The molecule has 0 aliphatic heterocycles. The third-order valence-electron chi connectivity index (χ3n) is 5.93. The van der Waals surface area contributed by atoms with Crippen molar-refractivity contribution in [3.8, 4) is 0 Å². The van der Waals surface area contributed by atoms with Crippen LogP contribution in [0.2, 0.25) is 13.1 Å². The summed E-state index contributed by atoms with van der Waals surface area (Å²) < 4.78 is 2.65. The minimum Gasteiger partial charge on any atom is -1.00 e. The van der Waals surface area contributed by atoms with E-state index in [1.54, 1.807) is 27.8 Å². The van der Waals surface area contributed by atoms with Gasteiger partial charge in [0.05, 0.1) is 0 Å². The molecule has 0 amide bonds. The maximum absolute atomic E-state index is 2.63. The molecular formula is C23H32Cl2SiZr. The summed E-state index contributed by atoms with van der Waals surface area (Å²) in [5.74, 6) is 0. The van der Waals surface area contributed by atoms with Crippen molar-refractivity contribution in [2.75, 3.05) is 0 Å². The van der Waals surface area contributed by atoms with Gasteiger partial charge in [-0.3, -0.25) is 0 Å². The Balaban J connectivity index is 0.00000182. The van der Waals surface area contributed by atoms with Crippen LogP contribution in [-0.4, -0.2) is 5.43 Å². The first-order valence-corrected chi connectivity index (χ1v) is 18.3. The molecule has 2 aliphatic carbocycles. The van der Waals surface area contributed by atoms with Crippen molar-refractivity contribution in [3.05, 3.63) is 61.5 Å². The molecular weight excluding hydrogens is 466 g/mol. The molecule has 0 spiro atoms. The number of halogens is 2. The summed E-state index contributed by atoms with van der Waals surface area (Å²) >= 11 is -1.74. The van der Waals surface area contributed by atoms with Gasteiger partial charge in [0.25, 0.3) is 0 Å². The van der Waals surface area contributed by atoms with E-state index in [2.05, 4.69) is 85.0 Å². The maximum Gasteiger partial charge on any atom is -1.00 e. The first kappa shape index (κ1) is 25.2. The van der Waals surface area contributed by atoms with Crippen LogP contribution in [0.1, 0.15) is 61.4 Å². The number of fused-ring (bicyclic) bond motifs is 1. The summed E-state index contributed by atoms with van der Waals surface area (Å²) in [6.45, 7) is 19.3. The first-order valence-electron chi connectivity index (χ1n) is 9.49. The van der Waals surface area contributed by atoms with Crippen molar-refractivity contribution in [1.29, 1.82) is 0 Å². The van der Waals surface area contributed by atoms with Crippen LogP contribution in [0.5, 0.6) is 0 Å². The van der Waals surface area contributed by atoms with Gasteiger partial charge < -0.3 is 24.8 Å². The summed E-state index contributed by atoms with van der Waals surface area (Å²) in [4.78, 5) is 0. The topological polar surface area (TPSA) is 0 Å². The Labute approximate surface area is 186 Å². The van der Waals surface area contributed by atoms with E-state index in [0.717, 1.165) is 3.63 Å². The molecule has 0 saturated heterocycles. The Kier molecular flexibility index (Phi) is 8.66. The number of hydrogen-bond acceptors (Lipinski definition) is 0. The van der Waals surface area contributed by atoms with E-state index in [-0.39, 0.29) is 35.7 Å². The zero-order chi connectivity index (χ0) is 18.5. The van der Waals surface area contributed by atoms with E-state index in [4.69, 9.17) is 0 Å². The molecule has 1 aromatic rings. The molecule has 0 saturated carbocycles. The fourth-order valence-corrected chi connectivity index (χ4v) is 23.4. The summed E-state index contributed by atoms with van der Waals surface area (Å²) in [6, 6.07) is 7.01. The average molecular weight is 499 g/mol. The van der Waals surface area contributed by atoms with Gasteiger partial charge in [-0.05, 0) is 0 Å². The van der Waals surface area contributed by atoms with Gasteiger partial charge in [-0.25, -0.2) is 0 Å². The molecule has 27 heavy (non-hydrogen) atoms. The third kappa shape index (κ3) is 4.66. The Morgan fingerprint density at radius 1 is 1.04 bits per heavy atom. The van der Waals surface area contributed by atoms with E-state index in [9.17, 15) is 0 Å². The molecule has 0 N–H and O–H groups in total. The molecule has 146 valence electrons. The van der Waals surface area contributed by atoms with E-state index >= 15 is 0 Å². The molecule has 0 radical (unpaired) electrons. The molecule has 1 unspecified atom stereocenters. The van der Waals surface area contributed by atoms with Crippen LogP contribution in [0.25, 0.3) is 5.57 Å². The Morgan fingerprint density at radius 3 is 2.19 bits per heavy atom. The van der Waals surface area contributed by atoms with Crippen LogP contribution >= 0.6 is 0 Å². The van der Waals surface area contributed by atoms with Crippen LogP contribution in [0, 0.1) is 12.3 Å². The minimum atomic E-state index is -1.74. The van der Waals surface area contributed by atoms with Gasteiger partial charge in [0.1, 0.15) is 0 Å². The number of rotatable bonds is 2. The standard InChI is InChI=1S/C12H13.C9H13.C2H6Si.2ClH.Zr/c1-8-5-4-6-11-7-9(2)10(3)12(8)11;1-9(2,3)8-6-4-5-7-8;1-3-2;;;/h4-7H,1-3H3;6-7H,4H2,1-3H3;1-2H3;2*1H;/q;;;;;+2/p-2. The van der Waals surface area contributed by atoms with Crippen molar-refractivity contribution in [3.63, 3.8) is 0 Å². The predicted molar refractivity (Wildman–Crippen MR) is 110 cm³/mol. The van der Waals surface area contributed by atoms with E-state index in [1.165, 1.54) is 12.0 Å². The Hall–Kier alpha value is 0.120. The van der Waals surface area contributed by atoms with Gasteiger partial charge in [0.2, 0.25) is 0 Å². The second-order valence-corrected chi connectivity index (χ2v) is 26.6. The largest absolute Gasteiger partial charge is 1.00 e. The van der Waals surface area contributed by atoms with Gasteiger partial charge in [-0.15, -0.1) is 0 Å². The number of aryl methyl sites for hydroxylation is 1. The molecule has 0 bridgehead atoms. The summed E-state index contributed by atoms with van der Waals surface area (Å²) in [5.41, 5.74) is 9.58. The van der Waals surface area contributed by atoms with Gasteiger partial charge in [0, 0.05) is 0 Å². The van der Waals surface area contributed by atoms with Crippen LogP contribution in [0.3, 0.4) is 0 Å². The zero-order valence-corrected chi connectivity index (χ0v) is 22.9. The fourth-order valence-electron chi connectivity index (χ4n) is 4.49. The molecule has 2 aliphatic rings. The Morgan fingerprint density at radius 2 is 1.67 bits per heavy atom. The van der Waals surface area contributed by atoms with Gasteiger partial charge in [-0.1, -0.05) is 0 Å². The first-order chi connectivity index (χ1) is 11.6. The average Bonchev–Trinajstić information content (AvgIpc) is 3.08. The predicted octanol–water partition coefficient (Wildman–Crippen LogP) is 0.981. The Bertz CT molecular complexity index is 863. The summed E-state index contributed by atoms with van der Waals surface area (Å²) in [5, 5.41) is 0. The number of allylic oxidation sites excluding steroid dienone is 6. The van der Waals surface area contributed by atoms with Crippen molar-refractivity contribution in [1.82, 2.24) is 0 Å². The molecule has 4 heteroatoms. The number of benzene rings is 1. The zero-order valence-electron chi connectivity index (χ0n) is 17.9. The van der Waals surface area contributed by atoms with Crippen LogP contribution < -0.4 is 24.8 Å². The number of hydrogen-bond donors (Lipinski definition) is 0. The second-order valence-electron chi connectivity index (χ2n) is 8.98. The van der Waals surface area contributed by atoms with Crippen LogP contribution in [0.4, 0.5) is 0 Å². The van der Waals surface area contributed by atoms with Crippen molar-refractivity contribution >= 4 is 11.0 Å². The normalized spacial score (nSPS) is 18.0. The molecule has 1 aromatic carbocycles. The fraction of sp³-hybridized carbons (Fsp3) is 0.478. The molecule has 3 rings (SSSR count). The van der Waals surface area contributed by atoms with E-state index in [0.29, 0.717) is 0 Å². The van der Waals surface area contributed by atoms with Gasteiger partial charge in [-0.2, -0.15) is 0 Å². The molecule has 1 atom stereocenters. The van der Waals surface area contributed by atoms with E-state index in [1.807, 2.05) is 3.28 Å². The van der Waals surface area contributed by atoms with E-state index < -0.39 is 20.4 Å².